The van der Waals surface area contributed by atoms with Crippen molar-refractivity contribution in [3.05, 3.63) is 59.9 Å². The topological polar surface area (TPSA) is 51.3 Å². The van der Waals surface area contributed by atoms with E-state index in [4.69, 9.17) is 5.73 Å². The first-order valence-electron chi connectivity index (χ1n) is 7.96. The predicted molar refractivity (Wildman–Crippen MR) is 87.6 cm³/mol. The Morgan fingerprint density at radius 2 is 2.00 bits per heavy atom. The zero-order valence-electron chi connectivity index (χ0n) is 12.8. The van der Waals surface area contributed by atoms with Gasteiger partial charge in [0.15, 0.2) is 0 Å². The van der Waals surface area contributed by atoms with Crippen molar-refractivity contribution in [2.45, 2.75) is 19.4 Å². The summed E-state index contributed by atoms with van der Waals surface area (Å²) in [7, 11) is 0. The average molecular weight is 297 g/mol. The van der Waals surface area contributed by atoms with Gasteiger partial charge in [-0.3, -0.25) is 4.79 Å². The van der Waals surface area contributed by atoms with E-state index in [0.29, 0.717) is 12.5 Å². The lowest BCUT2D eigenvalue weighted by atomic mass is 10.1. The molecule has 2 heterocycles. The Hall–Kier alpha value is -2.07. The Kier molecular flexibility index (Phi) is 4.59. The Morgan fingerprint density at radius 3 is 2.73 bits per heavy atom. The van der Waals surface area contributed by atoms with Crippen LogP contribution in [-0.2, 0) is 13.0 Å². The van der Waals surface area contributed by atoms with E-state index in [0.717, 1.165) is 38.2 Å². The summed E-state index contributed by atoms with van der Waals surface area (Å²) in [4.78, 5) is 14.6. The first kappa shape index (κ1) is 14.9. The molecule has 0 spiro atoms. The highest BCUT2D eigenvalue weighted by molar-refractivity contribution is 5.93. The lowest BCUT2D eigenvalue weighted by Crippen LogP contribution is -2.31. The molecule has 1 fully saturated rings. The van der Waals surface area contributed by atoms with Crippen LogP contribution in [0.15, 0.2) is 48.7 Å². The molecule has 2 aromatic rings. The molecule has 0 radical (unpaired) electrons. The largest absolute Gasteiger partial charge is 0.343 e. The minimum atomic E-state index is 0.133. The molecule has 1 aliphatic rings. The van der Waals surface area contributed by atoms with E-state index < -0.39 is 0 Å². The minimum Gasteiger partial charge on any atom is -0.343 e. The Morgan fingerprint density at radius 1 is 1.18 bits per heavy atom. The van der Waals surface area contributed by atoms with E-state index in [9.17, 15) is 4.79 Å². The normalized spacial score (nSPS) is 17.9. The summed E-state index contributed by atoms with van der Waals surface area (Å²) in [6, 6.07) is 14.2. The van der Waals surface area contributed by atoms with Gasteiger partial charge in [0.2, 0.25) is 0 Å². The average Bonchev–Trinajstić information content (AvgIpc) is 3.22. The van der Waals surface area contributed by atoms with Crippen LogP contribution in [0.3, 0.4) is 0 Å². The fourth-order valence-corrected chi connectivity index (χ4v) is 3.07. The van der Waals surface area contributed by atoms with E-state index in [2.05, 4.69) is 16.7 Å². The fraction of sp³-hybridized carbons (Fsp3) is 0.389. The van der Waals surface area contributed by atoms with Crippen LogP contribution >= 0.6 is 0 Å². The molecule has 1 atom stereocenters. The third-order valence-corrected chi connectivity index (χ3v) is 4.44. The molecule has 2 N–H and O–H groups in total. The predicted octanol–water partition coefficient (Wildman–Crippen LogP) is 2.15. The lowest BCUT2D eigenvalue weighted by molar-refractivity contribution is 0.0777. The molecular weight excluding hydrogens is 274 g/mol. The quantitative estimate of drug-likeness (QED) is 0.919. The number of aromatic nitrogens is 1. The lowest BCUT2D eigenvalue weighted by Gasteiger charge is -2.18. The smallest absolute Gasteiger partial charge is 0.270 e. The summed E-state index contributed by atoms with van der Waals surface area (Å²) in [5.74, 6) is 0.589. The number of likely N-dealkylation sites (tertiary alicyclic amines) is 1. The first-order valence-corrected chi connectivity index (χ1v) is 7.96. The van der Waals surface area contributed by atoms with Crippen LogP contribution in [-0.4, -0.2) is 35.0 Å². The van der Waals surface area contributed by atoms with Gasteiger partial charge >= 0.3 is 0 Å². The van der Waals surface area contributed by atoms with E-state index in [1.807, 2.05) is 41.4 Å². The molecule has 1 aromatic carbocycles. The number of carbonyl (C=O) groups excluding carboxylic acids is 1. The van der Waals surface area contributed by atoms with Gasteiger partial charge in [0, 0.05) is 25.8 Å². The molecule has 4 nitrogen and oxygen atoms in total. The molecule has 4 heteroatoms. The highest BCUT2D eigenvalue weighted by Crippen LogP contribution is 2.18. The molecule has 1 aliphatic heterocycles. The van der Waals surface area contributed by atoms with Gasteiger partial charge in [0.25, 0.3) is 5.91 Å². The maximum Gasteiger partial charge on any atom is 0.270 e. The second kappa shape index (κ2) is 6.79. The second-order valence-electron chi connectivity index (χ2n) is 5.96. The highest BCUT2D eigenvalue weighted by atomic mass is 16.2. The van der Waals surface area contributed by atoms with Gasteiger partial charge in [-0.2, -0.15) is 0 Å². The summed E-state index contributed by atoms with van der Waals surface area (Å²) < 4.78 is 2.06. The number of aryl methyl sites for hydroxylation is 2. The van der Waals surface area contributed by atoms with Crippen LogP contribution in [0.4, 0.5) is 0 Å². The number of amides is 1. The minimum absolute atomic E-state index is 0.133. The second-order valence-corrected chi connectivity index (χ2v) is 5.96. The maximum absolute atomic E-state index is 12.7. The molecular formula is C18H23N3O. The van der Waals surface area contributed by atoms with Crippen molar-refractivity contribution in [1.82, 2.24) is 9.47 Å². The summed E-state index contributed by atoms with van der Waals surface area (Å²) in [5.41, 5.74) is 7.79. The van der Waals surface area contributed by atoms with Crippen molar-refractivity contribution in [2.75, 3.05) is 19.6 Å². The standard InChI is InChI=1S/C18H23N3O/c19-13-16-9-12-21(14-16)18(22)17-7-4-10-20(17)11-8-15-5-2-1-3-6-15/h1-7,10,16H,8-9,11-14,19H2/t16-/m0/s1. The van der Waals surface area contributed by atoms with Gasteiger partial charge in [-0.05, 0) is 43.0 Å². The third kappa shape index (κ3) is 3.22. The Balaban J connectivity index is 1.65. The molecule has 0 aliphatic carbocycles. The van der Waals surface area contributed by atoms with Crippen molar-refractivity contribution in [1.29, 1.82) is 0 Å². The molecule has 22 heavy (non-hydrogen) atoms. The van der Waals surface area contributed by atoms with Gasteiger partial charge in [0.05, 0.1) is 0 Å². The molecule has 3 rings (SSSR count). The van der Waals surface area contributed by atoms with E-state index in [1.54, 1.807) is 0 Å². The van der Waals surface area contributed by atoms with E-state index in [1.165, 1.54) is 5.56 Å². The summed E-state index contributed by atoms with van der Waals surface area (Å²) in [6.45, 7) is 3.11. The van der Waals surface area contributed by atoms with Crippen molar-refractivity contribution in [3.8, 4) is 0 Å². The maximum atomic E-state index is 12.7. The Labute approximate surface area is 131 Å². The molecule has 1 saturated heterocycles. The molecule has 1 amide bonds. The first-order chi connectivity index (χ1) is 10.8. The molecule has 116 valence electrons. The number of nitrogens with zero attached hydrogens (tertiary/aromatic N) is 2. The summed E-state index contributed by atoms with van der Waals surface area (Å²) in [5, 5.41) is 0. The SMILES string of the molecule is NC[C@@H]1CCN(C(=O)c2cccn2CCc2ccccc2)C1. The van der Waals surface area contributed by atoms with Crippen molar-refractivity contribution >= 4 is 5.91 Å². The number of nitrogens with two attached hydrogens (primary N) is 1. The number of hydrogen-bond acceptors (Lipinski definition) is 2. The molecule has 0 unspecified atom stereocenters. The summed E-state index contributed by atoms with van der Waals surface area (Å²) >= 11 is 0. The van der Waals surface area contributed by atoms with Crippen molar-refractivity contribution < 1.29 is 4.79 Å². The van der Waals surface area contributed by atoms with Crippen LogP contribution < -0.4 is 5.73 Å². The van der Waals surface area contributed by atoms with Gasteiger partial charge in [-0.25, -0.2) is 0 Å². The monoisotopic (exact) mass is 297 g/mol. The van der Waals surface area contributed by atoms with E-state index >= 15 is 0 Å². The van der Waals surface area contributed by atoms with Crippen LogP contribution in [0.5, 0.6) is 0 Å². The number of rotatable bonds is 5. The van der Waals surface area contributed by atoms with Crippen molar-refractivity contribution in [3.63, 3.8) is 0 Å². The molecule has 0 bridgehead atoms. The van der Waals surface area contributed by atoms with Crippen LogP contribution in [0.2, 0.25) is 0 Å². The van der Waals surface area contributed by atoms with Crippen LogP contribution in [0, 0.1) is 5.92 Å². The fourth-order valence-electron chi connectivity index (χ4n) is 3.07. The zero-order valence-corrected chi connectivity index (χ0v) is 12.8. The summed E-state index contributed by atoms with van der Waals surface area (Å²) in [6.07, 6.45) is 3.95. The van der Waals surface area contributed by atoms with Gasteiger partial charge in [-0.1, -0.05) is 30.3 Å². The zero-order chi connectivity index (χ0) is 15.4. The van der Waals surface area contributed by atoms with Crippen molar-refractivity contribution in [2.24, 2.45) is 11.7 Å². The number of carbonyl (C=O) groups is 1. The van der Waals surface area contributed by atoms with Gasteiger partial charge < -0.3 is 15.2 Å². The van der Waals surface area contributed by atoms with Crippen LogP contribution in [0.25, 0.3) is 0 Å². The van der Waals surface area contributed by atoms with Crippen LogP contribution in [0.1, 0.15) is 22.5 Å². The van der Waals surface area contributed by atoms with Gasteiger partial charge in [0.1, 0.15) is 5.69 Å². The molecule has 0 saturated carbocycles. The van der Waals surface area contributed by atoms with E-state index in [-0.39, 0.29) is 5.91 Å². The molecule has 1 aromatic heterocycles. The Bertz CT molecular complexity index is 620. The number of hydrogen-bond donors (Lipinski definition) is 1. The van der Waals surface area contributed by atoms with Gasteiger partial charge in [-0.15, -0.1) is 0 Å². The highest BCUT2D eigenvalue weighted by Gasteiger charge is 2.27. The third-order valence-electron chi connectivity index (χ3n) is 4.44. The number of benzene rings is 1.